The molecule has 0 aliphatic heterocycles. The van der Waals surface area contributed by atoms with E-state index in [4.69, 9.17) is 5.73 Å². The molecule has 1 aromatic carbocycles. The number of nitrogen functional groups attached to an aromatic ring is 1. The van der Waals surface area contributed by atoms with Gasteiger partial charge in [-0.05, 0) is 39.9 Å². The molecule has 140 valence electrons. The number of rotatable bonds is 4. The molecular formula is C15H10N8O4S. The van der Waals surface area contributed by atoms with Gasteiger partial charge in [-0.15, -0.1) is 0 Å². The molecule has 0 aliphatic rings. The molecule has 4 N–H and O–H groups in total. The summed E-state index contributed by atoms with van der Waals surface area (Å²) in [5.74, 6) is -1.58. The molecule has 12 nitrogen and oxygen atoms in total. The van der Waals surface area contributed by atoms with E-state index in [9.17, 15) is 20.0 Å². The molecule has 0 bridgehead atoms. The van der Waals surface area contributed by atoms with E-state index in [0.717, 1.165) is 22.7 Å². The number of aromatic hydroxyl groups is 1. The Balaban J connectivity index is 1.84. The number of nitro groups is 1. The smallest absolute Gasteiger partial charge is 0.396 e. The van der Waals surface area contributed by atoms with Crippen LogP contribution >= 0.6 is 11.8 Å². The zero-order valence-corrected chi connectivity index (χ0v) is 14.6. The molecule has 0 saturated carbocycles. The van der Waals surface area contributed by atoms with Crippen LogP contribution in [0.5, 0.6) is 5.75 Å². The highest BCUT2D eigenvalue weighted by Crippen LogP contribution is 2.36. The molecule has 4 aromatic rings. The SMILES string of the molecule is Nc1ccc(O)c(C(=O)n2cnc([N+](=O)[O-])c2Sc2ncnc3nc[nH]c23)c1. The summed E-state index contributed by atoms with van der Waals surface area (Å²) in [5.41, 5.74) is 6.63. The molecule has 0 fully saturated rings. The number of hydrogen-bond donors (Lipinski definition) is 3. The zero-order chi connectivity index (χ0) is 19.8. The highest BCUT2D eigenvalue weighted by molar-refractivity contribution is 7.99. The van der Waals surface area contributed by atoms with E-state index in [1.54, 1.807) is 0 Å². The van der Waals surface area contributed by atoms with Crippen molar-refractivity contribution in [3.8, 4) is 5.75 Å². The standard InChI is InChI=1S/C15H10N8O4S/c16-7-1-2-9(24)8(3-7)14(25)22-6-21-12(23(26)27)15(22)28-13-10-11(18-4-17-10)19-5-20-13/h1-6,24H,16H2,(H,17,18,19,20). The molecule has 28 heavy (non-hydrogen) atoms. The fourth-order valence-corrected chi connectivity index (χ4v) is 3.44. The number of H-pyrrole nitrogens is 1. The maximum Gasteiger partial charge on any atom is 0.396 e. The molecule has 3 aromatic heterocycles. The highest BCUT2D eigenvalue weighted by Gasteiger charge is 2.29. The van der Waals surface area contributed by atoms with Crippen molar-refractivity contribution in [1.29, 1.82) is 0 Å². The van der Waals surface area contributed by atoms with Gasteiger partial charge in [-0.2, -0.15) is 0 Å². The van der Waals surface area contributed by atoms with E-state index in [0.29, 0.717) is 16.2 Å². The monoisotopic (exact) mass is 398 g/mol. The van der Waals surface area contributed by atoms with Gasteiger partial charge in [0, 0.05) is 5.69 Å². The molecule has 0 atom stereocenters. The summed E-state index contributed by atoms with van der Waals surface area (Å²) in [7, 11) is 0. The molecule has 0 radical (unpaired) electrons. The van der Waals surface area contributed by atoms with E-state index < -0.39 is 16.6 Å². The minimum absolute atomic E-state index is 0.0913. The number of hydrogen-bond acceptors (Lipinski definition) is 10. The van der Waals surface area contributed by atoms with E-state index in [-0.39, 0.29) is 22.0 Å². The van der Waals surface area contributed by atoms with Crippen LogP contribution in [0, 0.1) is 10.1 Å². The van der Waals surface area contributed by atoms with Crippen LogP contribution < -0.4 is 5.73 Å². The Bertz CT molecular complexity index is 1230. The number of phenolic OH excluding ortho intramolecular Hbond substituents is 1. The third-order valence-electron chi connectivity index (χ3n) is 3.73. The lowest BCUT2D eigenvalue weighted by Crippen LogP contribution is -2.13. The molecule has 4 rings (SSSR count). The first-order valence-electron chi connectivity index (χ1n) is 7.62. The van der Waals surface area contributed by atoms with E-state index in [1.165, 1.54) is 30.9 Å². The number of carbonyl (C=O) groups is 1. The van der Waals surface area contributed by atoms with E-state index in [1.807, 2.05) is 0 Å². The number of aromatic amines is 1. The molecule has 13 heteroatoms. The van der Waals surface area contributed by atoms with E-state index in [2.05, 4.69) is 24.9 Å². The molecule has 3 heterocycles. The number of anilines is 1. The number of carbonyl (C=O) groups excluding carboxylic acids is 1. The number of aromatic nitrogens is 6. The van der Waals surface area contributed by atoms with Gasteiger partial charge in [0.15, 0.2) is 10.7 Å². The maximum atomic E-state index is 12.9. The third-order valence-corrected chi connectivity index (χ3v) is 4.81. The lowest BCUT2D eigenvalue weighted by atomic mass is 10.1. The van der Waals surface area contributed by atoms with Crippen molar-refractivity contribution in [3.05, 3.63) is 52.9 Å². The summed E-state index contributed by atoms with van der Waals surface area (Å²) in [5, 5.41) is 21.6. The fourth-order valence-electron chi connectivity index (χ4n) is 2.46. The normalized spacial score (nSPS) is 11.0. The van der Waals surface area contributed by atoms with Gasteiger partial charge in [0.25, 0.3) is 5.91 Å². The minimum Gasteiger partial charge on any atom is -0.507 e. The lowest BCUT2D eigenvalue weighted by molar-refractivity contribution is -0.392. The summed E-state index contributed by atoms with van der Waals surface area (Å²) in [4.78, 5) is 42.2. The van der Waals surface area contributed by atoms with Crippen LogP contribution in [0.1, 0.15) is 10.4 Å². The van der Waals surface area contributed by atoms with Crippen molar-refractivity contribution in [1.82, 2.24) is 29.5 Å². The molecule has 0 aliphatic carbocycles. The number of phenols is 1. The minimum atomic E-state index is -0.734. The van der Waals surface area contributed by atoms with Crippen molar-refractivity contribution < 1.29 is 14.8 Å². The van der Waals surface area contributed by atoms with Gasteiger partial charge < -0.3 is 25.9 Å². The largest absolute Gasteiger partial charge is 0.507 e. The number of benzene rings is 1. The van der Waals surface area contributed by atoms with E-state index >= 15 is 0 Å². The Morgan fingerprint density at radius 2 is 2.11 bits per heavy atom. The van der Waals surface area contributed by atoms with Gasteiger partial charge in [-0.1, -0.05) is 0 Å². The quantitative estimate of drug-likeness (QED) is 0.150. The average Bonchev–Trinajstić information content (AvgIpc) is 3.30. The predicted octanol–water partition coefficient (Wildman–Crippen LogP) is 1.59. The Labute approximate surface area is 159 Å². The Morgan fingerprint density at radius 3 is 2.89 bits per heavy atom. The molecular weight excluding hydrogens is 388 g/mol. The zero-order valence-electron chi connectivity index (χ0n) is 13.8. The van der Waals surface area contributed by atoms with Gasteiger partial charge in [0.05, 0.1) is 11.9 Å². The maximum absolute atomic E-state index is 12.9. The number of imidazole rings is 2. The summed E-state index contributed by atoms with van der Waals surface area (Å²) in [6.45, 7) is 0. The van der Waals surface area contributed by atoms with Gasteiger partial charge in [-0.3, -0.25) is 4.79 Å². The number of nitrogens with zero attached hydrogens (tertiary/aromatic N) is 6. The van der Waals surface area contributed by atoms with Gasteiger partial charge >= 0.3 is 5.82 Å². The lowest BCUT2D eigenvalue weighted by Gasteiger charge is -2.08. The summed E-state index contributed by atoms with van der Waals surface area (Å²) < 4.78 is 0.960. The van der Waals surface area contributed by atoms with Crippen molar-refractivity contribution >= 4 is 40.3 Å². The third kappa shape index (κ3) is 2.88. The average molecular weight is 398 g/mol. The number of nitrogens with one attached hydrogen (secondary N) is 1. The van der Waals surface area contributed by atoms with Crippen LogP contribution in [0.25, 0.3) is 11.2 Å². The van der Waals surface area contributed by atoms with Crippen LogP contribution in [0.3, 0.4) is 0 Å². The molecule has 0 spiro atoms. The number of fused-ring (bicyclic) bond motifs is 1. The van der Waals surface area contributed by atoms with Crippen LogP contribution in [0.4, 0.5) is 11.5 Å². The van der Waals surface area contributed by atoms with Crippen molar-refractivity contribution in [2.45, 2.75) is 10.1 Å². The van der Waals surface area contributed by atoms with Gasteiger partial charge in [0.2, 0.25) is 6.33 Å². The highest BCUT2D eigenvalue weighted by atomic mass is 32.2. The van der Waals surface area contributed by atoms with Gasteiger partial charge in [-0.25, -0.2) is 19.5 Å². The van der Waals surface area contributed by atoms with Crippen molar-refractivity contribution in [2.24, 2.45) is 0 Å². The second-order valence-corrected chi connectivity index (χ2v) is 6.44. The van der Waals surface area contributed by atoms with Gasteiger partial charge in [0.1, 0.15) is 22.6 Å². The second-order valence-electron chi connectivity index (χ2n) is 5.46. The van der Waals surface area contributed by atoms with Crippen LogP contribution in [-0.4, -0.2) is 45.4 Å². The molecule has 0 unspecified atom stereocenters. The topological polar surface area (TPSA) is 179 Å². The summed E-state index contributed by atoms with van der Waals surface area (Å²) in [6.07, 6.45) is 3.67. The summed E-state index contributed by atoms with van der Waals surface area (Å²) >= 11 is 0.846. The summed E-state index contributed by atoms with van der Waals surface area (Å²) in [6, 6.07) is 3.96. The van der Waals surface area contributed by atoms with Crippen LogP contribution in [-0.2, 0) is 0 Å². The number of nitrogens with two attached hydrogens (primary N) is 1. The predicted molar refractivity (Wildman–Crippen MR) is 96.9 cm³/mol. The Hall–Kier alpha value is -4.00. The first kappa shape index (κ1) is 17.4. The Morgan fingerprint density at radius 1 is 1.29 bits per heavy atom. The first-order valence-corrected chi connectivity index (χ1v) is 8.44. The fraction of sp³-hybridized carbons (Fsp3) is 0. The Kier molecular flexibility index (Phi) is 4.12. The molecule has 0 amide bonds. The van der Waals surface area contributed by atoms with Crippen LogP contribution in [0.15, 0.2) is 47.2 Å². The first-order chi connectivity index (χ1) is 13.5. The van der Waals surface area contributed by atoms with Crippen molar-refractivity contribution in [3.63, 3.8) is 0 Å². The molecule has 0 saturated heterocycles. The second kappa shape index (κ2) is 6.62. The van der Waals surface area contributed by atoms with Crippen LogP contribution in [0.2, 0.25) is 0 Å². The van der Waals surface area contributed by atoms with Crippen molar-refractivity contribution in [2.75, 3.05) is 5.73 Å².